The number of sulfonamides is 1. The lowest BCUT2D eigenvalue weighted by Gasteiger charge is -2.39. The third-order valence-electron chi connectivity index (χ3n) is 4.41. The maximum absolute atomic E-state index is 12.5. The van der Waals surface area contributed by atoms with E-state index < -0.39 is 10.0 Å². The second-order valence-corrected chi connectivity index (χ2v) is 8.19. The number of anilines is 1. The van der Waals surface area contributed by atoms with E-state index in [9.17, 15) is 8.42 Å². The van der Waals surface area contributed by atoms with Gasteiger partial charge in [-0.25, -0.2) is 8.42 Å². The molecule has 0 saturated carbocycles. The molecule has 0 spiro atoms. The summed E-state index contributed by atoms with van der Waals surface area (Å²) in [5.41, 5.74) is 2.76. The molecule has 1 N–H and O–H groups in total. The SMILES string of the molecule is CCCN1CC(c2cccc(NS(=O)(=O)c3cccc(C)c3)c2)C1. The normalized spacial score (nSPS) is 15.9. The van der Waals surface area contributed by atoms with Crippen molar-refractivity contribution < 1.29 is 8.42 Å². The van der Waals surface area contributed by atoms with Crippen LogP contribution >= 0.6 is 0 Å². The van der Waals surface area contributed by atoms with Gasteiger partial charge in [0.2, 0.25) is 0 Å². The van der Waals surface area contributed by atoms with E-state index in [1.807, 2.05) is 25.1 Å². The third kappa shape index (κ3) is 3.79. The van der Waals surface area contributed by atoms with Gasteiger partial charge in [0.1, 0.15) is 0 Å². The van der Waals surface area contributed by atoms with E-state index in [4.69, 9.17) is 0 Å². The smallest absolute Gasteiger partial charge is 0.261 e. The molecular weight excluding hydrogens is 320 g/mol. The maximum atomic E-state index is 12.5. The summed E-state index contributed by atoms with van der Waals surface area (Å²) in [6.07, 6.45) is 1.17. The Balaban J connectivity index is 1.73. The molecule has 0 radical (unpaired) electrons. The Morgan fingerprint density at radius 1 is 1.12 bits per heavy atom. The maximum Gasteiger partial charge on any atom is 0.261 e. The van der Waals surface area contributed by atoms with Crippen LogP contribution in [-0.4, -0.2) is 33.0 Å². The minimum absolute atomic E-state index is 0.297. The van der Waals surface area contributed by atoms with Crippen LogP contribution in [0.15, 0.2) is 53.4 Å². The van der Waals surface area contributed by atoms with Crippen molar-refractivity contribution in [3.63, 3.8) is 0 Å². The van der Waals surface area contributed by atoms with E-state index in [-0.39, 0.29) is 0 Å². The van der Waals surface area contributed by atoms with Gasteiger partial charge in [-0.2, -0.15) is 0 Å². The largest absolute Gasteiger partial charge is 0.302 e. The van der Waals surface area contributed by atoms with Crippen LogP contribution in [0, 0.1) is 6.92 Å². The molecule has 24 heavy (non-hydrogen) atoms. The van der Waals surface area contributed by atoms with Crippen LogP contribution in [0.5, 0.6) is 0 Å². The Kier molecular flexibility index (Phi) is 4.92. The highest BCUT2D eigenvalue weighted by Gasteiger charge is 2.27. The van der Waals surface area contributed by atoms with Gasteiger partial charge in [0.15, 0.2) is 0 Å². The molecule has 1 aliphatic heterocycles. The van der Waals surface area contributed by atoms with Crippen LogP contribution in [0.1, 0.15) is 30.4 Å². The second-order valence-electron chi connectivity index (χ2n) is 6.50. The summed E-state index contributed by atoms with van der Waals surface area (Å²) >= 11 is 0. The number of hydrogen-bond acceptors (Lipinski definition) is 3. The molecule has 0 bridgehead atoms. The van der Waals surface area contributed by atoms with Crippen molar-refractivity contribution in [2.75, 3.05) is 24.4 Å². The van der Waals surface area contributed by atoms with Crippen molar-refractivity contribution in [1.82, 2.24) is 4.90 Å². The van der Waals surface area contributed by atoms with Crippen molar-refractivity contribution in [2.24, 2.45) is 0 Å². The lowest BCUT2D eigenvalue weighted by molar-refractivity contribution is 0.149. The Hall–Kier alpha value is -1.85. The Labute approximate surface area is 144 Å². The Morgan fingerprint density at radius 3 is 2.58 bits per heavy atom. The van der Waals surface area contributed by atoms with Crippen LogP contribution in [0.4, 0.5) is 5.69 Å². The van der Waals surface area contributed by atoms with Crippen molar-refractivity contribution in [3.05, 3.63) is 59.7 Å². The lowest BCUT2D eigenvalue weighted by Crippen LogP contribution is -2.45. The summed E-state index contributed by atoms with van der Waals surface area (Å²) < 4.78 is 27.8. The van der Waals surface area contributed by atoms with Crippen molar-refractivity contribution in [1.29, 1.82) is 0 Å². The van der Waals surface area contributed by atoms with E-state index >= 15 is 0 Å². The molecule has 2 aromatic carbocycles. The first kappa shape index (κ1) is 17.0. The van der Waals surface area contributed by atoms with E-state index in [0.29, 0.717) is 16.5 Å². The van der Waals surface area contributed by atoms with Crippen molar-refractivity contribution in [2.45, 2.75) is 31.1 Å². The zero-order valence-electron chi connectivity index (χ0n) is 14.2. The molecule has 0 aromatic heterocycles. The molecule has 5 heteroatoms. The number of aryl methyl sites for hydroxylation is 1. The molecule has 4 nitrogen and oxygen atoms in total. The average molecular weight is 344 g/mol. The standard InChI is InChI=1S/C19H24N2O2S/c1-3-10-21-13-17(14-21)16-7-5-8-18(12-16)20-24(22,23)19-9-4-6-15(2)11-19/h4-9,11-12,17,20H,3,10,13-14H2,1-2H3. The summed E-state index contributed by atoms with van der Waals surface area (Å²) in [5, 5.41) is 0. The average Bonchev–Trinajstić information content (AvgIpc) is 2.50. The number of hydrogen-bond donors (Lipinski definition) is 1. The Bertz CT molecular complexity index is 812. The zero-order valence-corrected chi connectivity index (χ0v) is 15.0. The number of nitrogens with zero attached hydrogens (tertiary/aromatic N) is 1. The van der Waals surface area contributed by atoms with Crippen LogP contribution in [0.25, 0.3) is 0 Å². The fourth-order valence-corrected chi connectivity index (χ4v) is 4.29. The molecular formula is C19H24N2O2S. The van der Waals surface area contributed by atoms with E-state index in [0.717, 1.165) is 25.2 Å². The lowest BCUT2D eigenvalue weighted by atomic mass is 9.91. The van der Waals surface area contributed by atoms with Crippen LogP contribution in [0.3, 0.4) is 0 Å². The van der Waals surface area contributed by atoms with Gasteiger partial charge in [-0.05, 0) is 55.3 Å². The highest BCUT2D eigenvalue weighted by atomic mass is 32.2. The summed E-state index contributed by atoms with van der Waals surface area (Å²) in [7, 11) is -3.55. The van der Waals surface area contributed by atoms with Gasteiger partial charge in [-0.15, -0.1) is 0 Å². The summed E-state index contributed by atoms with van der Waals surface area (Å²) in [6.45, 7) is 7.33. The topological polar surface area (TPSA) is 49.4 Å². The summed E-state index contributed by atoms with van der Waals surface area (Å²) in [6, 6.07) is 14.7. The molecule has 1 saturated heterocycles. The first-order chi connectivity index (χ1) is 11.5. The van der Waals surface area contributed by atoms with E-state index in [1.54, 1.807) is 24.3 Å². The minimum atomic E-state index is -3.55. The fourth-order valence-electron chi connectivity index (χ4n) is 3.13. The molecule has 0 aliphatic carbocycles. The molecule has 1 heterocycles. The summed E-state index contributed by atoms with van der Waals surface area (Å²) in [4.78, 5) is 2.72. The first-order valence-corrected chi connectivity index (χ1v) is 9.88. The highest BCUT2D eigenvalue weighted by molar-refractivity contribution is 7.92. The van der Waals surface area contributed by atoms with Gasteiger partial charge < -0.3 is 4.90 Å². The minimum Gasteiger partial charge on any atom is -0.302 e. The van der Waals surface area contributed by atoms with E-state index in [1.165, 1.54) is 12.0 Å². The van der Waals surface area contributed by atoms with Gasteiger partial charge >= 0.3 is 0 Å². The number of rotatable bonds is 6. The fraction of sp³-hybridized carbons (Fsp3) is 0.368. The van der Waals surface area contributed by atoms with Gasteiger partial charge in [0.25, 0.3) is 10.0 Å². The number of benzene rings is 2. The monoisotopic (exact) mass is 344 g/mol. The molecule has 0 amide bonds. The third-order valence-corrected chi connectivity index (χ3v) is 5.79. The predicted molar refractivity (Wildman–Crippen MR) is 97.9 cm³/mol. The van der Waals surface area contributed by atoms with Crippen LogP contribution in [-0.2, 0) is 10.0 Å². The van der Waals surface area contributed by atoms with Gasteiger partial charge in [0, 0.05) is 24.7 Å². The molecule has 128 valence electrons. The van der Waals surface area contributed by atoms with Crippen molar-refractivity contribution in [3.8, 4) is 0 Å². The van der Waals surface area contributed by atoms with E-state index in [2.05, 4.69) is 22.6 Å². The number of nitrogens with one attached hydrogen (secondary N) is 1. The predicted octanol–water partition coefficient (Wildman–Crippen LogP) is 3.61. The second kappa shape index (κ2) is 6.95. The summed E-state index contributed by atoms with van der Waals surface area (Å²) in [5.74, 6) is 0.500. The van der Waals surface area contributed by atoms with Gasteiger partial charge in [0.05, 0.1) is 4.90 Å². The first-order valence-electron chi connectivity index (χ1n) is 8.40. The molecule has 0 unspecified atom stereocenters. The zero-order chi connectivity index (χ0) is 17.2. The quantitative estimate of drug-likeness (QED) is 0.871. The van der Waals surface area contributed by atoms with Crippen LogP contribution in [0.2, 0.25) is 0 Å². The molecule has 2 aromatic rings. The molecule has 0 atom stereocenters. The van der Waals surface area contributed by atoms with Gasteiger partial charge in [-0.3, -0.25) is 4.72 Å². The molecule has 1 fully saturated rings. The highest BCUT2D eigenvalue weighted by Crippen LogP contribution is 2.29. The van der Waals surface area contributed by atoms with Crippen molar-refractivity contribution >= 4 is 15.7 Å². The molecule has 1 aliphatic rings. The molecule has 3 rings (SSSR count). The van der Waals surface area contributed by atoms with Gasteiger partial charge in [-0.1, -0.05) is 31.2 Å². The number of likely N-dealkylation sites (tertiary alicyclic amines) is 1. The van der Waals surface area contributed by atoms with Crippen LogP contribution < -0.4 is 4.72 Å². The Morgan fingerprint density at radius 2 is 1.88 bits per heavy atom.